The van der Waals surface area contributed by atoms with Gasteiger partial charge in [0.25, 0.3) is 5.91 Å². The molecule has 3 saturated heterocycles. The van der Waals surface area contributed by atoms with Gasteiger partial charge in [-0.15, -0.1) is 0 Å². The zero-order valence-electron chi connectivity index (χ0n) is 25.8. The van der Waals surface area contributed by atoms with Crippen molar-refractivity contribution in [3.8, 4) is 23.2 Å². The summed E-state index contributed by atoms with van der Waals surface area (Å²) in [5, 5.41) is 9.61. The summed E-state index contributed by atoms with van der Waals surface area (Å²) in [6, 6.07) is 8.05. The third-order valence-electron chi connectivity index (χ3n) is 10.9. The van der Waals surface area contributed by atoms with Crippen LogP contribution in [0.3, 0.4) is 0 Å². The molecule has 2 aliphatic carbocycles. The van der Waals surface area contributed by atoms with Crippen LogP contribution in [-0.2, 0) is 11.2 Å². The first-order chi connectivity index (χ1) is 22.7. The molecule has 3 aromatic rings. The maximum absolute atomic E-state index is 16.8. The predicted molar refractivity (Wildman–Crippen MR) is 166 cm³/mol. The molecule has 0 unspecified atom stereocenters. The fourth-order valence-electron chi connectivity index (χ4n) is 8.67. The fraction of sp³-hybridized carbons (Fsp3) is 0.486. The zero-order valence-corrected chi connectivity index (χ0v) is 25.8. The van der Waals surface area contributed by atoms with Crippen molar-refractivity contribution in [2.24, 2.45) is 5.92 Å². The fourth-order valence-corrected chi connectivity index (χ4v) is 8.67. The molecule has 47 heavy (non-hydrogen) atoms. The molecule has 0 spiro atoms. The highest BCUT2D eigenvalue weighted by Crippen LogP contribution is 2.59. The van der Waals surface area contributed by atoms with Crippen molar-refractivity contribution in [2.45, 2.75) is 62.2 Å². The average Bonchev–Trinajstić information content (AvgIpc) is 3.37. The molecule has 8 nitrogen and oxygen atoms in total. The van der Waals surface area contributed by atoms with Gasteiger partial charge in [0.15, 0.2) is 11.6 Å². The lowest BCUT2D eigenvalue weighted by molar-refractivity contribution is -0.131. The molecule has 1 aromatic heterocycles. The van der Waals surface area contributed by atoms with E-state index >= 15 is 8.78 Å². The number of nitrogens with zero attached hydrogens (tertiary/aromatic N) is 6. The van der Waals surface area contributed by atoms with Crippen molar-refractivity contribution in [2.75, 3.05) is 44.2 Å². The summed E-state index contributed by atoms with van der Waals surface area (Å²) in [6.45, 7) is 4.57. The third-order valence-corrected chi connectivity index (χ3v) is 10.9. The Hall–Kier alpha value is -4.24. The number of piperazine rings is 1. The Kier molecular flexibility index (Phi) is 7.17. The number of benzene rings is 2. The molecule has 1 saturated carbocycles. The summed E-state index contributed by atoms with van der Waals surface area (Å²) in [6.07, 6.45) is 2.84. The Morgan fingerprint density at radius 3 is 2.85 bits per heavy atom. The van der Waals surface area contributed by atoms with E-state index in [4.69, 9.17) is 4.74 Å². The van der Waals surface area contributed by atoms with Gasteiger partial charge in [-0.1, -0.05) is 24.8 Å². The first kappa shape index (κ1) is 30.1. The lowest BCUT2D eigenvalue weighted by Gasteiger charge is -2.41. The monoisotopic (exact) mass is 646 g/mol. The number of hydrogen-bond donors (Lipinski definition) is 0. The molecule has 0 bridgehead atoms. The van der Waals surface area contributed by atoms with Crippen LogP contribution in [0.2, 0.25) is 0 Å². The van der Waals surface area contributed by atoms with Crippen LogP contribution in [0.1, 0.15) is 49.1 Å². The third kappa shape index (κ3) is 4.93. The highest BCUT2D eigenvalue weighted by atomic mass is 19.1. The smallest absolute Gasteiger partial charge is 0.319 e. The number of anilines is 1. The molecule has 0 radical (unpaired) electrons. The molecule has 2 aromatic carbocycles. The van der Waals surface area contributed by atoms with Gasteiger partial charge >= 0.3 is 6.01 Å². The molecule has 4 heterocycles. The number of aromatic nitrogens is 2. The first-order valence-corrected chi connectivity index (χ1v) is 16.3. The molecule has 0 N–H and O–H groups in total. The summed E-state index contributed by atoms with van der Waals surface area (Å²) >= 11 is 0. The number of rotatable bonds is 7. The van der Waals surface area contributed by atoms with Crippen molar-refractivity contribution < 1.29 is 27.1 Å². The van der Waals surface area contributed by atoms with E-state index in [9.17, 15) is 18.8 Å². The van der Waals surface area contributed by atoms with Gasteiger partial charge in [0.1, 0.15) is 29.9 Å². The number of hydrogen-bond acceptors (Lipinski definition) is 7. The van der Waals surface area contributed by atoms with Crippen molar-refractivity contribution in [1.29, 1.82) is 5.26 Å². The minimum Gasteiger partial charge on any atom is -0.461 e. The van der Waals surface area contributed by atoms with Gasteiger partial charge in [-0.3, -0.25) is 9.69 Å². The lowest BCUT2D eigenvalue weighted by Crippen LogP contribution is -2.55. The van der Waals surface area contributed by atoms with Crippen LogP contribution >= 0.6 is 0 Å². The molecule has 5 atom stereocenters. The molecule has 12 heteroatoms. The molecule has 3 aliphatic heterocycles. The standard InChI is InChI=1S/C35H34F4N6O2/c1-19(36)33(46)45-11-10-43(17-23(45)6-8-40)32-26-14-27(38)29(24-5-2-4-20-12-21-13-25(21)28(20)24)30(39)31(26)41-34(42-32)47-18-35-7-3-9-44(35)16-22(37)15-35/h2,4-5,14,21-23,25H,1,3,6-7,9-13,15-18H2/t21-,22+,23-,25+,35-/m0/s1. The van der Waals surface area contributed by atoms with Gasteiger partial charge in [0.2, 0.25) is 0 Å². The van der Waals surface area contributed by atoms with Gasteiger partial charge < -0.3 is 14.5 Å². The number of alkyl halides is 1. The molecule has 4 fully saturated rings. The molecule has 244 valence electrons. The van der Waals surface area contributed by atoms with Crippen molar-refractivity contribution in [3.05, 3.63) is 59.4 Å². The van der Waals surface area contributed by atoms with E-state index in [2.05, 4.69) is 21.4 Å². The number of carbonyl (C=O) groups is 1. The minimum absolute atomic E-state index is 0.0352. The Labute approximate surface area is 269 Å². The summed E-state index contributed by atoms with van der Waals surface area (Å²) in [4.78, 5) is 26.8. The Bertz CT molecular complexity index is 1860. The van der Waals surface area contributed by atoms with Crippen molar-refractivity contribution >= 4 is 22.6 Å². The topological polar surface area (TPSA) is 85.6 Å². The summed E-state index contributed by atoms with van der Waals surface area (Å²) in [7, 11) is 0. The maximum Gasteiger partial charge on any atom is 0.319 e. The van der Waals surface area contributed by atoms with E-state index in [0.29, 0.717) is 30.4 Å². The van der Waals surface area contributed by atoms with Crippen LogP contribution in [0.25, 0.3) is 22.0 Å². The van der Waals surface area contributed by atoms with Crippen LogP contribution in [-0.4, -0.2) is 82.8 Å². The van der Waals surface area contributed by atoms with Crippen LogP contribution in [0.5, 0.6) is 6.01 Å². The Balaban J connectivity index is 1.22. The predicted octanol–water partition coefficient (Wildman–Crippen LogP) is 5.60. The summed E-state index contributed by atoms with van der Waals surface area (Å²) < 4.78 is 67.5. The molecular formula is C35H34F4N6O2. The van der Waals surface area contributed by atoms with Crippen LogP contribution in [0, 0.1) is 28.9 Å². The number of fused-ring (bicyclic) bond motifs is 5. The van der Waals surface area contributed by atoms with Gasteiger partial charge in [0.05, 0.1) is 29.6 Å². The first-order valence-electron chi connectivity index (χ1n) is 16.3. The van der Waals surface area contributed by atoms with Crippen molar-refractivity contribution in [3.63, 3.8) is 0 Å². The number of carbonyl (C=O) groups excluding carboxylic acids is 1. The van der Waals surface area contributed by atoms with Crippen molar-refractivity contribution in [1.82, 2.24) is 19.8 Å². The van der Waals surface area contributed by atoms with Crippen LogP contribution < -0.4 is 9.64 Å². The van der Waals surface area contributed by atoms with E-state index < -0.39 is 41.1 Å². The molecule has 1 amide bonds. The van der Waals surface area contributed by atoms with Gasteiger partial charge in [-0.2, -0.15) is 15.2 Å². The van der Waals surface area contributed by atoms with Crippen LogP contribution in [0.15, 0.2) is 36.7 Å². The van der Waals surface area contributed by atoms with E-state index in [1.54, 1.807) is 11.0 Å². The quantitative estimate of drug-likeness (QED) is 0.244. The Morgan fingerprint density at radius 2 is 2.04 bits per heavy atom. The highest BCUT2D eigenvalue weighted by Gasteiger charge is 2.50. The molecule has 8 rings (SSSR count). The van der Waals surface area contributed by atoms with E-state index in [1.807, 2.05) is 18.2 Å². The largest absolute Gasteiger partial charge is 0.461 e. The SMILES string of the molecule is C=C(F)C(=O)N1CCN(c2nc(OC[C@@]34CCCN3C[C@H](F)C4)nc3c(F)c(-c4cccc5c4[C@@H]4C[C@@H]4C5)c(F)cc23)C[C@@H]1CC#N. The lowest BCUT2D eigenvalue weighted by atomic mass is 9.93. The number of ether oxygens (including phenoxy) is 1. The normalized spacial score (nSPS) is 27.8. The highest BCUT2D eigenvalue weighted by molar-refractivity contribution is 5.95. The second kappa shape index (κ2) is 11.2. The number of nitriles is 1. The second-order valence-corrected chi connectivity index (χ2v) is 13.7. The molecule has 5 aliphatic rings. The van der Waals surface area contributed by atoms with E-state index in [-0.39, 0.29) is 61.0 Å². The minimum atomic E-state index is -1.13. The summed E-state index contributed by atoms with van der Waals surface area (Å²) in [5.41, 5.74) is 1.87. The van der Waals surface area contributed by atoms with Crippen LogP contribution in [0.4, 0.5) is 23.4 Å². The second-order valence-electron chi connectivity index (χ2n) is 13.7. The van der Waals surface area contributed by atoms with E-state index in [0.717, 1.165) is 43.4 Å². The Morgan fingerprint density at radius 1 is 1.19 bits per heavy atom. The zero-order chi connectivity index (χ0) is 32.6. The number of halogens is 4. The van der Waals surface area contributed by atoms with Gasteiger partial charge in [-0.05, 0) is 66.8 Å². The van der Waals surface area contributed by atoms with Gasteiger partial charge in [-0.25, -0.2) is 17.6 Å². The van der Waals surface area contributed by atoms with E-state index in [1.165, 1.54) is 11.0 Å². The maximum atomic E-state index is 16.8. The summed E-state index contributed by atoms with van der Waals surface area (Å²) in [5.74, 6) is -2.61. The molecular weight excluding hydrogens is 612 g/mol. The average molecular weight is 647 g/mol. The van der Waals surface area contributed by atoms with Gasteiger partial charge in [0, 0.05) is 38.0 Å². The number of amides is 1.